The summed E-state index contributed by atoms with van der Waals surface area (Å²) in [6, 6.07) is 7.19. The Labute approximate surface area is 114 Å². The maximum Gasteiger partial charge on any atom is 0.236 e. The average molecular weight is 265 g/mol. The third kappa shape index (κ3) is 5.72. The normalized spacial score (nSPS) is 12.3. The Balaban J connectivity index is 2.55. The molecule has 106 valence electrons. The van der Waals surface area contributed by atoms with Crippen molar-refractivity contribution in [2.75, 3.05) is 27.2 Å². The smallest absolute Gasteiger partial charge is 0.236 e. The molecule has 0 aromatic heterocycles. The lowest BCUT2D eigenvalue weighted by Gasteiger charge is -2.15. The number of para-hydroxylation sites is 1. The van der Waals surface area contributed by atoms with Crippen LogP contribution in [0.3, 0.4) is 0 Å². The Morgan fingerprint density at radius 2 is 2.11 bits per heavy atom. The number of hydrogen-bond acceptors (Lipinski definition) is 4. The third-order valence-corrected chi connectivity index (χ3v) is 2.64. The molecule has 0 saturated heterocycles. The lowest BCUT2D eigenvalue weighted by atomic mass is 10.2. The number of hydrogen-bond donors (Lipinski definition) is 2. The molecular formula is C14H23N3O2. The van der Waals surface area contributed by atoms with E-state index in [-0.39, 0.29) is 5.91 Å². The summed E-state index contributed by atoms with van der Waals surface area (Å²) in [7, 11) is 4.00. The van der Waals surface area contributed by atoms with Crippen LogP contribution < -0.4 is 15.8 Å². The van der Waals surface area contributed by atoms with Gasteiger partial charge in [0, 0.05) is 18.7 Å². The minimum Gasteiger partial charge on any atom is -0.492 e. The van der Waals surface area contributed by atoms with E-state index < -0.39 is 6.04 Å². The van der Waals surface area contributed by atoms with Crippen molar-refractivity contribution in [1.29, 1.82) is 0 Å². The maximum atomic E-state index is 11.4. The number of nitrogens with two attached hydrogens (primary N) is 1. The first-order chi connectivity index (χ1) is 9.00. The van der Waals surface area contributed by atoms with E-state index in [9.17, 15) is 4.79 Å². The monoisotopic (exact) mass is 265 g/mol. The molecule has 1 unspecified atom stereocenters. The molecule has 0 aliphatic heterocycles. The summed E-state index contributed by atoms with van der Waals surface area (Å²) >= 11 is 0. The Hall–Kier alpha value is -1.59. The van der Waals surface area contributed by atoms with Crippen molar-refractivity contribution in [1.82, 2.24) is 10.2 Å². The van der Waals surface area contributed by atoms with Crippen LogP contribution in [0.5, 0.6) is 5.75 Å². The Bertz CT molecular complexity index is 405. The molecule has 3 N–H and O–H groups in total. The zero-order chi connectivity index (χ0) is 14.3. The van der Waals surface area contributed by atoms with Gasteiger partial charge in [0.15, 0.2) is 0 Å². The molecule has 0 fully saturated rings. The van der Waals surface area contributed by atoms with Crippen LogP contribution in [0, 0.1) is 0 Å². The number of ether oxygens (including phenoxy) is 1. The molecule has 0 heterocycles. The first kappa shape index (κ1) is 15.5. The van der Waals surface area contributed by atoms with Gasteiger partial charge in [-0.15, -0.1) is 0 Å². The zero-order valence-corrected chi connectivity index (χ0v) is 11.8. The number of rotatable bonds is 7. The summed E-state index contributed by atoms with van der Waals surface area (Å²) in [5.74, 6) is 0.636. The molecule has 1 atom stereocenters. The molecule has 5 nitrogen and oxygen atoms in total. The van der Waals surface area contributed by atoms with Gasteiger partial charge in [-0.2, -0.15) is 0 Å². The van der Waals surface area contributed by atoms with Gasteiger partial charge in [-0.3, -0.25) is 4.79 Å². The van der Waals surface area contributed by atoms with Gasteiger partial charge in [-0.05, 0) is 27.1 Å². The molecule has 1 rings (SSSR count). The van der Waals surface area contributed by atoms with Crippen molar-refractivity contribution in [3.8, 4) is 5.75 Å². The maximum absolute atomic E-state index is 11.4. The summed E-state index contributed by atoms with van der Waals surface area (Å²) < 4.78 is 5.72. The van der Waals surface area contributed by atoms with Gasteiger partial charge in [0.1, 0.15) is 12.4 Å². The fraction of sp³-hybridized carbons (Fsp3) is 0.500. The third-order valence-electron chi connectivity index (χ3n) is 2.64. The number of amides is 1. The first-order valence-electron chi connectivity index (χ1n) is 6.39. The second kappa shape index (κ2) is 7.76. The minimum absolute atomic E-state index is 0.164. The number of likely N-dealkylation sites (N-methyl/N-ethyl adjacent to an activating group) is 1. The first-order valence-corrected chi connectivity index (χ1v) is 6.39. The van der Waals surface area contributed by atoms with Gasteiger partial charge >= 0.3 is 0 Å². The zero-order valence-electron chi connectivity index (χ0n) is 11.8. The quantitative estimate of drug-likeness (QED) is 0.757. The molecule has 1 amide bonds. The fourth-order valence-electron chi connectivity index (χ4n) is 1.47. The largest absolute Gasteiger partial charge is 0.492 e. The van der Waals surface area contributed by atoms with Crippen LogP contribution in [0.2, 0.25) is 0 Å². The summed E-state index contributed by atoms with van der Waals surface area (Å²) in [5, 5.41) is 2.78. The predicted molar refractivity (Wildman–Crippen MR) is 76.0 cm³/mol. The van der Waals surface area contributed by atoms with E-state index in [1.54, 1.807) is 6.92 Å². The van der Waals surface area contributed by atoms with E-state index >= 15 is 0 Å². The predicted octanol–water partition coefficient (Wildman–Crippen LogP) is 0.590. The fourth-order valence-corrected chi connectivity index (χ4v) is 1.47. The molecule has 0 saturated carbocycles. The molecule has 5 heteroatoms. The number of carbonyl (C=O) groups excluding carboxylic acids is 1. The second-order valence-corrected chi connectivity index (χ2v) is 4.77. The highest BCUT2D eigenvalue weighted by atomic mass is 16.5. The number of benzene rings is 1. The highest BCUT2D eigenvalue weighted by Crippen LogP contribution is 2.17. The number of carbonyl (C=O) groups is 1. The highest BCUT2D eigenvalue weighted by molar-refractivity contribution is 5.80. The van der Waals surface area contributed by atoms with Crippen molar-refractivity contribution in [3.05, 3.63) is 29.8 Å². The van der Waals surface area contributed by atoms with E-state index in [0.717, 1.165) is 17.9 Å². The van der Waals surface area contributed by atoms with Crippen molar-refractivity contribution in [3.63, 3.8) is 0 Å². The molecule has 0 aliphatic rings. The Morgan fingerprint density at radius 1 is 1.42 bits per heavy atom. The van der Waals surface area contributed by atoms with Gasteiger partial charge in [0.05, 0.1) is 6.04 Å². The summed E-state index contributed by atoms with van der Waals surface area (Å²) in [5.41, 5.74) is 6.46. The van der Waals surface area contributed by atoms with Crippen LogP contribution in [0.4, 0.5) is 0 Å². The number of nitrogens with zero attached hydrogens (tertiary/aromatic N) is 1. The Morgan fingerprint density at radius 3 is 2.74 bits per heavy atom. The van der Waals surface area contributed by atoms with Crippen LogP contribution in [-0.2, 0) is 11.3 Å². The van der Waals surface area contributed by atoms with Crippen molar-refractivity contribution < 1.29 is 9.53 Å². The lowest BCUT2D eigenvalue weighted by Crippen LogP contribution is -2.37. The van der Waals surface area contributed by atoms with E-state index in [1.165, 1.54) is 0 Å². The van der Waals surface area contributed by atoms with Crippen LogP contribution >= 0.6 is 0 Å². The van der Waals surface area contributed by atoms with Crippen LogP contribution in [0.25, 0.3) is 0 Å². The molecule has 0 radical (unpaired) electrons. The molecule has 0 bridgehead atoms. The summed E-state index contributed by atoms with van der Waals surface area (Å²) in [6.07, 6.45) is 0. The van der Waals surface area contributed by atoms with Crippen LogP contribution in [0.15, 0.2) is 24.3 Å². The van der Waals surface area contributed by atoms with Crippen molar-refractivity contribution >= 4 is 5.91 Å². The van der Waals surface area contributed by atoms with Crippen molar-refractivity contribution in [2.24, 2.45) is 5.73 Å². The van der Waals surface area contributed by atoms with Gasteiger partial charge in [0.25, 0.3) is 0 Å². The number of nitrogens with one attached hydrogen (secondary N) is 1. The standard InChI is InChI=1S/C14H23N3O2/c1-11(15)14(18)16-10-12-6-4-5-7-13(12)19-9-8-17(2)3/h4-7,11H,8-10,15H2,1-3H3,(H,16,18). The minimum atomic E-state index is -0.498. The van der Waals surface area contributed by atoms with Crippen LogP contribution in [-0.4, -0.2) is 44.1 Å². The topological polar surface area (TPSA) is 67.6 Å². The molecule has 1 aromatic carbocycles. The molecule has 0 spiro atoms. The summed E-state index contributed by atoms with van der Waals surface area (Å²) in [6.45, 7) is 3.55. The molecule has 1 aromatic rings. The van der Waals surface area contributed by atoms with Gasteiger partial charge in [0.2, 0.25) is 5.91 Å². The van der Waals surface area contributed by atoms with Crippen molar-refractivity contribution in [2.45, 2.75) is 19.5 Å². The van der Waals surface area contributed by atoms with Gasteiger partial charge in [-0.25, -0.2) is 0 Å². The van der Waals surface area contributed by atoms with E-state index in [1.807, 2.05) is 38.4 Å². The van der Waals surface area contributed by atoms with Gasteiger partial charge < -0.3 is 20.7 Å². The average Bonchev–Trinajstić information content (AvgIpc) is 2.36. The van der Waals surface area contributed by atoms with E-state index in [0.29, 0.717) is 13.2 Å². The molecule has 19 heavy (non-hydrogen) atoms. The SMILES string of the molecule is CC(N)C(=O)NCc1ccccc1OCCN(C)C. The molecular weight excluding hydrogens is 242 g/mol. The second-order valence-electron chi connectivity index (χ2n) is 4.77. The highest BCUT2D eigenvalue weighted by Gasteiger charge is 2.08. The lowest BCUT2D eigenvalue weighted by molar-refractivity contribution is -0.122. The summed E-state index contributed by atoms with van der Waals surface area (Å²) in [4.78, 5) is 13.5. The van der Waals surface area contributed by atoms with Gasteiger partial charge in [-0.1, -0.05) is 18.2 Å². The van der Waals surface area contributed by atoms with E-state index in [2.05, 4.69) is 10.2 Å². The van der Waals surface area contributed by atoms with E-state index in [4.69, 9.17) is 10.5 Å². The Kier molecular flexibility index (Phi) is 6.32. The molecule has 0 aliphatic carbocycles. The van der Waals surface area contributed by atoms with Crippen LogP contribution in [0.1, 0.15) is 12.5 Å².